The molecular formula is C24H28Cl2SiZr-2. The third-order valence-electron chi connectivity index (χ3n) is 4.43. The Hall–Kier alpha value is -0.660. The summed E-state index contributed by atoms with van der Waals surface area (Å²) >= 11 is -1.65. The molecule has 0 aliphatic heterocycles. The molecule has 0 spiro atoms. The van der Waals surface area contributed by atoms with Crippen LogP contribution in [0.3, 0.4) is 0 Å². The van der Waals surface area contributed by atoms with Crippen molar-refractivity contribution in [1.82, 2.24) is 0 Å². The molecule has 0 atom stereocenters. The van der Waals surface area contributed by atoms with Crippen molar-refractivity contribution < 1.29 is 18.0 Å². The molecule has 0 saturated carbocycles. The van der Waals surface area contributed by atoms with E-state index in [0.717, 1.165) is 0 Å². The molecule has 0 bridgehead atoms. The molecule has 0 fully saturated rings. The van der Waals surface area contributed by atoms with Gasteiger partial charge in [-0.1, -0.05) is 62.6 Å². The van der Waals surface area contributed by atoms with Gasteiger partial charge in [0.15, 0.2) is 0 Å². The SMILES string of the molecule is CC(C)(C)[c-]1cccc1.C[Si](C)=[Zr]([Cl])[Cl].c1ccc2c(c1)[cH-]c1ccccc12. The van der Waals surface area contributed by atoms with Crippen LogP contribution in [0.2, 0.25) is 13.1 Å². The van der Waals surface area contributed by atoms with Crippen LogP contribution < -0.4 is 0 Å². The first-order chi connectivity index (χ1) is 13.2. The fraction of sp³-hybridized carbons (Fsp3) is 0.250. The summed E-state index contributed by atoms with van der Waals surface area (Å²) in [5, 5.41) is 5.39. The molecule has 0 amide bonds. The Balaban J connectivity index is 0.000000164. The topological polar surface area (TPSA) is 0 Å². The van der Waals surface area contributed by atoms with Gasteiger partial charge in [-0.3, -0.25) is 0 Å². The molecule has 0 aliphatic rings. The number of hydrogen-bond acceptors (Lipinski definition) is 0. The van der Waals surface area contributed by atoms with Crippen molar-refractivity contribution in [2.75, 3.05) is 0 Å². The summed E-state index contributed by atoms with van der Waals surface area (Å²) < 4.78 is 0. The molecule has 0 heterocycles. The van der Waals surface area contributed by atoms with E-state index < -0.39 is 18.0 Å². The van der Waals surface area contributed by atoms with Gasteiger partial charge >= 0.3 is 53.5 Å². The van der Waals surface area contributed by atoms with Crippen molar-refractivity contribution in [1.29, 1.82) is 0 Å². The Labute approximate surface area is 184 Å². The van der Waals surface area contributed by atoms with Crippen molar-refractivity contribution in [3.05, 3.63) is 84.4 Å². The molecule has 0 unspecified atom stereocenters. The first kappa shape index (κ1) is 23.6. The van der Waals surface area contributed by atoms with E-state index in [1.54, 1.807) is 0 Å². The normalized spacial score (nSPS) is 10.7. The van der Waals surface area contributed by atoms with E-state index in [4.69, 9.17) is 17.0 Å². The molecule has 0 radical (unpaired) electrons. The van der Waals surface area contributed by atoms with Crippen molar-refractivity contribution in [3.8, 4) is 0 Å². The van der Waals surface area contributed by atoms with Gasteiger partial charge in [-0.05, 0) is 0 Å². The van der Waals surface area contributed by atoms with E-state index in [0.29, 0.717) is 5.41 Å². The van der Waals surface area contributed by atoms with Crippen LogP contribution in [0.15, 0.2) is 78.9 Å². The molecule has 148 valence electrons. The summed E-state index contributed by atoms with van der Waals surface area (Å²) in [6.07, 6.45) is 0. The second-order valence-electron chi connectivity index (χ2n) is 8.00. The zero-order valence-electron chi connectivity index (χ0n) is 17.3. The Morgan fingerprint density at radius 2 is 1.18 bits per heavy atom. The van der Waals surface area contributed by atoms with Crippen molar-refractivity contribution in [2.45, 2.75) is 39.3 Å². The zero-order valence-corrected chi connectivity index (χ0v) is 22.2. The fourth-order valence-electron chi connectivity index (χ4n) is 2.78. The van der Waals surface area contributed by atoms with Crippen molar-refractivity contribution in [3.63, 3.8) is 0 Å². The van der Waals surface area contributed by atoms with E-state index >= 15 is 0 Å². The summed E-state index contributed by atoms with van der Waals surface area (Å²) in [6, 6.07) is 27.8. The molecular weight excluding hydrogens is 478 g/mol. The minimum absolute atomic E-state index is 0.224. The molecule has 4 rings (SSSR count). The number of halogens is 2. The largest absolute Gasteiger partial charge is 0.126 e. The van der Waals surface area contributed by atoms with E-state index in [2.05, 4.69) is 113 Å². The number of rotatable bonds is 0. The summed E-state index contributed by atoms with van der Waals surface area (Å²) in [6.45, 7) is 11.0. The van der Waals surface area contributed by atoms with Gasteiger partial charge in [0.05, 0.1) is 0 Å². The van der Waals surface area contributed by atoms with Crippen LogP contribution in [-0.4, -0.2) is 5.43 Å². The minimum atomic E-state index is -1.65. The van der Waals surface area contributed by atoms with Crippen LogP contribution in [0.25, 0.3) is 21.5 Å². The van der Waals surface area contributed by atoms with Gasteiger partial charge in [0.1, 0.15) is 0 Å². The fourth-order valence-corrected chi connectivity index (χ4v) is 2.78. The average Bonchev–Trinajstić information content (AvgIpc) is 3.30. The van der Waals surface area contributed by atoms with Gasteiger partial charge in [-0.15, -0.1) is 39.7 Å². The Morgan fingerprint density at radius 1 is 0.786 bits per heavy atom. The maximum absolute atomic E-state index is 5.62. The molecule has 0 aliphatic carbocycles. The minimum Gasteiger partial charge on any atom is -0.126 e. The zero-order chi connectivity index (χ0) is 20.7. The van der Waals surface area contributed by atoms with E-state index in [9.17, 15) is 0 Å². The van der Waals surface area contributed by atoms with Crippen LogP contribution in [0.4, 0.5) is 0 Å². The number of benzene rings is 2. The van der Waals surface area contributed by atoms with Gasteiger partial charge in [-0.25, -0.2) is 12.1 Å². The maximum atomic E-state index is 5.62. The second kappa shape index (κ2) is 10.9. The molecule has 28 heavy (non-hydrogen) atoms. The van der Waals surface area contributed by atoms with Gasteiger partial charge in [0, 0.05) is 0 Å². The first-order valence-corrected chi connectivity index (χ1v) is 22.0. The van der Waals surface area contributed by atoms with Crippen LogP contribution >= 0.6 is 17.0 Å². The Kier molecular flexibility index (Phi) is 9.22. The molecule has 4 aromatic carbocycles. The van der Waals surface area contributed by atoms with Gasteiger partial charge in [-0.2, -0.15) is 17.7 Å². The third kappa shape index (κ3) is 6.99. The summed E-state index contributed by atoms with van der Waals surface area (Å²) in [5.41, 5.74) is 1.52. The van der Waals surface area contributed by atoms with Crippen LogP contribution in [0.1, 0.15) is 26.3 Å². The van der Waals surface area contributed by atoms with E-state index in [1.807, 2.05) is 0 Å². The van der Waals surface area contributed by atoms with Gasteiger partial charge < -0.3 is 0 Å². The van der Waals surface area contributed by atoms with E-state index in [1.165, 1.54) is 27.1 Å². The van der Waals surface area contributed by atoms with Gasteiger partial charge in [0.25, 0.3) is 0 Å². The van der Waals surface area contributed by atoms with Crippen LogP contribution in [-0.2, 0) is 23.4 Å². The van der Waals surface area contributed by atoms with Crippen LogP contribution in [0.5, 0.6) is 0 Å². The molecule has 0 saturated heterocycles. The predicted octanol–water partition coefficient (Wildman–Crippen LogP) is 8.58. The maximum Gasteiger partial charge on any atom is -0.0771 e. The molecule has 0 aromatic heterocycles. The second-order valence-corrected chi connectivity index (χ2v) is 31.0. The quantitative estimate of drug-likeness (QED) is 0.165. The van der Waals surface area contributed by atoms with E-state index in [-0.39, 0.29) is 5.43 Å². The summed E-state index contributed by atoms with van der Waals surface area (Å²) in [7, 11) is 11.2. The van der Waals surface area contributed by atoms with Crippen LogP contribution in [0, 0.1) is 0 Å². The van der Waals surface area contributed by atoms with Crippen molar-refractivity contribution in [2.24, 2.45) is 0 Å². The van der Waals surface area contributed by atoms with Crippen molar-refractivity contribution >= 4 is 44.0 Å². The first-order valence-electron chi connectivity index (χ1n) is 9.44. The smallest absolute Gasteiger partial charge is 0.0771 e. The third-order valence-corrected chi connectivity index (χ3v) is 24.2. The number of hydrogen-bond donors (Lipinski definition) is 0. The Morgan fingerprint density at radius 3 is 1.50 bits per heavy atom. The summed E-state index contributed by atoms with van der Waals surface area (Å²) in [4.78, 5) is 0. The monoisotopic (exact) mass is 504 g/mol. The standard InChI is InChI=1S/C13H9.C9H13.C2H6Si.2ClH.Zr/c1-3-7-12-10(5-1)9-11-6-2-4-8-13(11)12;1-9(2,3)8-6-4-5-7-8;1-3-2;;;/h1-9H;4-7H,1-3H3;1-2H3;2*1H;/q2*-1;;;;+2/p-2. The molecule has 0 N–H and O–H groups in total. The predicted molar refractivity (Wildman–Crippen MR) is 127 cm³/mol. The molecule has 4 aromatic rings. The molecule has 4 heteroatoms. The summed E-state index contributed by atoms with van der Waals surface area (Å²) in [5.74, 6) is 0. The van der Waals surface area contributed by atoms with Gasteiger partial charge in [0.2, 0.25) is 0 Å². The number of fused-ring (bicyclic) bond motifs is 3. The Bertz CT molecular complexity index is 969. The molecule has 0 nitrogen and oxygen atoms in total. The average molecular weight is 507 g/mol.